The third kappa shape index (κ3) is 62.1. The third-order valence-corrected chi connectivity index (χ3v) is 15.3. The molecule has 74 heavy (non-hydrogen) atoms. The average Bonchev–Trinajstić information content (AvgIpc) is 3.45. The molecular formula is C67H125Cl2O4P. The molecular weight excluding hydrogens is 971 g/mol. The van der Waals surface area contributed by atoms with Gasteiger partial charge in [-0.05, 0) is 179 Å². The predicted molar refractivity (Wildman–Crippen MR) is 335 cm³/mol. The maximum atomic E-state index is 10.9. The van der Waals surface area contributed by atoms with Gasteiger partial charge in [0.05, 0.1) is 5.34 Å². The van der Waals surface area contributed by atoms with Crippen LogP contribution in [0.15, 0.2) is 48.6 Å². The van der Waals surface area contributed by atoms with Crippen LogP contribution in [-0.2, 0) is 9.59 Å². The van der Waals surface area contributed by atoms with Crippen molar-refractivity contribution in [2.45, 2.75) is 308 Å². The highest BCUT2D eigenvalue weighted by atomic mass is 35.5. The Hall–Kier alpha value is -0.770. The predicted octanol–water partition coefficient (Wildman–Crippen LogP) is 22.1. The maximum absolute atomic E-state index is 10.9. The fourth-order valence-electron chi connectivity index (χ4n) is 10.4. The van der Waals surface area contributed by atoms with Crippen LogP contribution in [0.5, 0.6) is 0 Å². The fraction of sp³-hybridized carbons (Fsp3) is 0.851. The van der Waals surface area contributed by atoms with Crippen molar-refractivity contribution in [3.8, 4) is 0 Å². The first kappa shape index (κ1) is 75.3. The smallest absolute Gasteiger partial charge is 0.123 e. The Bertz CT molecular complexity index is 1150. The second-order valence-corrected chi connectivity index (χ2v) is 24.1. The quantitative estimate of drug-likeness (QED) is 0.127. The van der Waals surface area contributed by atoms with Crippen LogP contribution in [0.2, 0.25) is 0 Å². The Morgan fingerprint density at radius 3 is 0.649 bits per heavy atom. The summed E-state index contributed by atoms with van der Waals surface area (Å²) in [5, 5.41) is 18.9. The first-order valence-corrected chi connectivity index (χ1v) is 35.1. The number of hydrogen-bond acceptors (Lipinski definition) is 4. The molecule has 2 N–H and O–H groups in total. The van der Waals surface area contributed by atoms with Crippen LogP contribution in [-0.4, -0.2) is 54.7 Å². The van der Waals surface area contributed by atoms with Gasteiger partial charge in [0.1, 0.15) is 12.6 Å². The van der Waals surface area contributed by atoms with E-state index in [2.05, 4.69) is 61.9 Å². The number of halogens is 2. The van der Waals surface area contributed by atoms with Gasteiger partial charge in [0.25, 0.3) is 0 Å². The molecule has 0 bridgehead atoms. The van der Waals surface area contributed by atoms with E-state index in [9.17, 15) is 19.8 Å². The molecule has 4 aliphatic carbocycles. The lowest BCUT2D eigenvalue weighted by atomic mass is 9.95. The summed E-state index contributed by atoms with van der Waals surface area (Å²) >= 11 is 9.53. The molecule has 0 aliphatic heterocycles. The lowest BCUT2D eigenvalue weighted by Crippen LogP contribution is -2.06. The number of carbonyl (C=O) groups excluding carboxylic acids is 2. The average molecular weight is 1100 g/mol. The Morgan fingerprint density at radius 1 is 0.324 bits per heavy atom. The second kappa shape index (κ2) is 68.3. The van der Waals surface area contributed by atoms with Crippen molar-refractivity contribution in [2.75, 3.05) is 31.9 Å². The summed E-state index contributed by atoms with van der Waals surface area (Å²) < 4.78 is 0. The monoisotopic (exact) mass is 1090 g/mol. The molecule has 436 valence electrons. The topological polar surface area (TPSA) is 74.6 Å². The first-order chi connectivity index (χ1) is 36.6. The molecule has 2 unspecified atom stereocenters. The number of aliphatic hydroxyl groups excluding tert-OH is 2. The van der Waals surface area contributed by atoms with Crippen LogP contribution in [0.3, 0.4) is 0 Å². The van der Waals surface area contributed by atoms with Crippen LogP contribution in [0.25, 0.3) is 0 Å². The number of rotatable bonds is 4. The minimum absolute atomic E-state index is 0.194. The summed E-state index contributed by atoms with van der Waals surface area (Å²) in [7, 11) is 1.08. The Labute approximate surface area is 474 Å². The zero-order valence-electron chi connectivity index (χ0n) is 49.1. The molecule has 4 rings (SSSR count). The van der Waals surface area contributed by atoms with E-state index in [-0.39, 0.29) is 5.34 Å². The van der Waals surface area contributed by atoms with Gasteiger partial charge in [-0.2, -0.15) is 0 Å². The lowest BCUT2D eigenvalue weighted by molar-refractivity contribution is -0.112. The molecule has 0 fully saturated rings. The third-order valence-electron chi connectivity index (χ3n) is 15.3. The molecule has 0 aromatic carbocycles. The standard InChI is InChI=1S/2C16H30O.2C16H28O.C2H7P.CH2Cl2/c4*17-15-16-13-11-9-7-5-3-1-2-4-6-8-10-12-14-16;1-3-2;2-1-3/h1,3,16-17H,2,4-15H2;1-2,16-17H,3-15H2;1,3,15-16H,2,4-14H2;1-2,15-16H,3-14H2;3H,1-2H3;1H2. The van der Waals surface area contributed by atoms with Gasteiger partial charge in [-0.3, -0.25) is 0 Å². The first-order valence-electron chi connectivity index (χ1n) is 32.0. The van der Waals surface area contributed by atoms with Gasteiger partial charge in [0.15, 0.2) is 0 Å². The van der Waals surface area contributed by atoms with Crippen molar-refractivity contribution in [2.24, 2.45) is 23.7 Å². The van der Waals surface area contributed by atoms with E-state index in [1.54, 1.807) is 0 Å². The van der Waals surface area contributed by atoms with Gasteiger partial charge in [-0.1, -0.05) is 203 Å². The van der Waals surface area contributed by atoms with Crippen molar-refractivity contribution in [3.05, 3.63) is 48.6 Å². The van der Waals surface area contributed by atoms with Gasteiger partial charge >= 0.3 is 0 Å². The number of aldehydes is 2. The summed E-state index contributed by atoms with van der Waals surface area (Å²) in [4.78, 5) is 21.9. The van der Waals surface area contributed by atoms with E-state index in [1.807, 2.05) is 0 Å². The van der Waals surface area contributed by atoms with Crippen molar-refractivity contribution in [3.63, 3.8) is 0 Å². The second-order valence-electron chi connectivity index (χ2n) is 22.3. The highest BCUT2D eigenvalue weighted by Gasteiger charge is 2.10. The van der Waals surface area contributed by atoms with Crippen LogP contribution in [0.4, 0.5) is 0 Å². The van der Waals surface area contributed by atoms with Crippen LogP contribution >= 0.6 is 31.8 Å². The molecule has 4 aliphatic rings. The molecule has 2 atom stereocenters. The SMILES string of the molecule is CPC.ClCCl.O=CC1CCCCCC=CCCCCCCC1.O=CC1CCCCCCC=CCCCCCC1.OCC1CCCCCC=CCCCCCCC1.OCC1CCCCCCC=CCCCCCC1. The van der Waals surface area contributed by atoms with E-state index in [0.717, 1.165) is 34.3 Å². The number of hydrogen-bond donors (Lipinski definition) is 2. The lowest BCUT2D eigenvalue weighted by Gasteiger charge is -2.13. The minimum Gasteiger partial charge on any atom is -0.396 e. The summed E-state index contributed by atoms with van der Waals surface area (Å²) in [6.45, 7) is 5.11. The van der Waals surface area contributed by atoms with Gasteiger partial charge in [-0.15, -0.1) is 31.8 Å². The summed E-state index contributed by atoms with van der Waals surface area (Å²) in [6.07, 6.45) is 83.1. The van der Waals surface area contributed by atoms with Crippen molar-refractivity contribution in [1.82, 2.24) is 0 Å². The van der Waals surface area contributed by atoms with E-state index < -0.39 is 0 Å². The molecule has 4 nitrogen and oxygen atoms in total. The Kier molecular flexibility index (Phi) is 69.5. The van der Waals surface area contributed by atoms with Crippen LogP contribution in [0, 0.1) is 23.7 Å². The molecule has 0 saturated heterocycles. The van der Waals surface area contributed by atoms with E-state index in [4.69, 9.17) is 23.2 Å². The number of allylic oxidation sites excluding steroid dienone is 8. The van der Waals surface area contributed by atoms with Gasteiger partial charge < -0.3 is 19.8 Å². The Morgan fingerprint density at radius 2 is 0.473 bits per heavy atom. The van der Waals surface area contributed by atoms with Crippen molar-refractivity contribution >= 4 is 44.4 Å². The Balaban J connectivity index is 0. The molecule has 7 heteroatoms. The number of alkyl halides is 2. The van der Waals surface area contributed by atoms with Crippen LogP contribution in [0.1, 0.15) is 308 Å². The van der Waals surface area contributed by atoms with Crippen LogP contribution < -0.4 is 0 Å². The largest absolute Gasteiger partial charge is 0.396 e. The fourth-order valence-corrected chi connectivity index (χ4v) is 10.4. The minimum atomic E-state index is 0.194. The zero-order valence-corrected chi connectivity index (χ0v) is 51.6. The molecule has 0 spiro atoms. The molecule has 0 amide bonds. The maximum Gasteiger partial charge on any atom is 0.123 e. The van der Waals surface area contributed by atoms with Gasteiger partial charge in [-0.25, -0.2) is 0 Å². The molecule has 0 aromatic rings. The molecule has 0 aromatic heterocycles. The summed E-state index contributed by atoms with van der Waals surface area (Å²) in [6, 6.07) is 0. The van der Waals surface area contributed by atoms with E-state index >= 15 is 0 Å². The molecule has 0 saturated carbocycles. The highest BCUT2D eigenvalue weighted by Crippen LogP contribution is 2.22. The summed E-state index contributed by atoms with van der Waals surface area (Å²) in [5.41, 5.74) is 0. The van der Waals surface area contributed by atoms with Gasteiger partial charge in [0, 0.05) is 25.0 Å². The molecule has 0 heterocycles. The molecule has 0 radical (unpaired) electrons. The summed E-state index contributed by atoms with van der Waals surface area (Å²) in [5.74, 6) is 1.85. The zero-order chi connectivity index (χ0) is 54.2. The van der Waals surface area contributed by atoms with E-state index in [0.29, 0.717) is 36.9 Å². The number of carbonyl (C=O) groups is 2. The number of aliphatic hydroxyl groups is 2. The van der Waals surface area contributed by atoms with Crippen molar-refractivity contribution < 1.29 is 19.8 Å². The highest BCUT2D eigenvalue weighted by molar-refractivity contribution is 7.35. The normalized spacial score (nSPS) is 22.8. The van der Waals surface area contributed by atoms with Gasteiger partial charge in [0.2, 0.25) is 0 Å². The van der Waals surface area contributed by atoms with Crippen molar-refractivity contribution in [1.29, 1.82) is 0 Å². The van der Waals surface area contributed by atoms with E-state index in [1.165, 1.54) is 295 Å².